The van der Waals surface area contributed by atoms with E-state index in [1.165, 1.54) is 33.7 Å². The topological polar surface area (TPSA) is 37.8 Å². The van der Waals surface area contributed by atoms with Crippen LogP contribution in [0, 0.1) is 0 Å². The second-order valence-electron chi connectivity index (χ2n) is 5.96. The summed E-state index contributed by atoms with van der Waals surface area (Å²) < 4.78 is 4.32. The van der Waals surface area contributed by atoms with Crippen LogP contribution in [0.1, 0.15) is 37.6 Å². The molecule has 4 heteroatoms. The van der Waals surface area contributed by atoms with Crippen molar-refractivity contribution in [3.05, 3.63) is 23.0 Å². The summed E-state index contributed by atoms with van der Waals surface area (Å²) in [7, 11) is 0. The fourth-order valence-corrected chi connectivity index (χ4v) is 3.39. The van der Waals surface area contributed by atoms with Gasteiger partial charge in [-0.25, -0.2) is 4.98 Å². The minimum atomic E-state index is 0.104. The molecule has 1 aliphatic rings. The second-order valence-corrected chi connectivity index (χ2v) is 6.74. The van der Waals surface area contributed by atoms with Crippen LogP contribution in [-0.2, 0) is 18.3 Å². The number of hydrogen-bond donors (Lipinski definition) is 1. The molecule has 96 valence electrons. The summed E-state index contributed by atoms with van der Waals surface area (Å²) in [5.74, 6) is 0. The van der Waals surface area contributed by atoms with Crippen molar-refractivity contribution < 1.29 is 0 Å². The average molecular weight is 261 g/mol. The van der Waals surface area contributed by atoms with Crippen molar-refractivity contribution in [1.82, 2.24) is 14.7 Å². The van der Waals surface area contributed by atoms with Crippen molar-refractivity contribution in [3.63, 3.8) is 0 Å². The Labute approximate surface area is 112 Å². The van der Waals surface area contributed by atoms with Gasteiger partial charge in [-0.15, -0.1) is 0 Å². The molecule has 0 spiro atoms. The average Bonchev–Trinajstić information content (AvgIpc) is 2.63. The van der Waals surface area contributed by atoms with Gasteiger partial charge in [-0.2, -0.15) is 4.37 Å². The molecule has 0 aliphatic carbocycles. The van der Waals surface area contributed by atoms with Gasteiger partial charge in [0.15, 0.2) is 0 Å². The van der Waals surface area contributed by atoms with Crippen LogP contribution in [0.3, 0.4) is 0 Å². The predicted molar refractivity (Wildman–Crippen MR) is 76.4 cm³/mol. The zero-order valence-corrected chi connectivity index (χ0v) is 12.0. The Balaban J connectivity index is 2.32. The van der Waals surface area contributed by atoms with Gasteiger partial charge < -0.3 is 5.32 Å². The molecule has 0 amide bonds. The van der Waals surface area contributed by atoms with Crippen molar-refractivity contribution >= 4 is 21.7 Å². The number of pyridine rings is 1. The van der Waals surface area contributed by atoms with Crippen molar-refractivity contribution in [3.8, 4) is 0 Å². The van der Waals surface area contributed by atoms with E-state index in [-0.39, 0.29) is 5.41 Å². The largest absolute Gasteiger partial charge is 0.316 e. The number of rotatable bonds is 0. The lowest BCUT2D eigenvalue weighted by Crippen LogP contribution is -2.19. The third-order valence-corrected chi connectivity index (χ3v) is 4.25. The molecular formula is C14H19N3S. The summed E-state index contributed by atoms with van der Waals surface area (Å²) in [5, 5.41) is 4.76. The van der Waals surface area contributed by atoms with Crippen molar-refractivity contribution in [2.24, 2.45) is 0 Å². The summed E-state index contributed by atoms with van der Waals surface area (Å²) in [5.41, 5.74) is 4.30. The molecular weight excluding hydrogens is 242 g/mol. The van der Waals surface area contributed by atoms with Gasteiger partial charge >= 0.3 is 0 Å². The number of hydrogen-bond acceptors (Lipinski definition) is 4. The van der Waals surface area contributed by atoms with E-state index in [9.17, 15) is 0 Å². The number of nitrogens with one attached hydrogen (secondary N) is 1. The lowest BCUT2D eigenvalue weighted by molar-refractivity contribution is 0.562. The molecule has 3 rings (SSSR count). The first-order valence-corrected chi connectivity index (χ1v) is 7.32. The molecule has 0 bridgehead atoms. The van der Waals surface area contributed by atoms with Crippen LogP contribution in [0.2, 0.25) is 0 Å². The summed E-state index contributed by atoms with van der Waals surface area (Å²) in [6, 6.07) is 0. The highest BCUT2D eigenvalue weighted by molar-refractivity contribution is 7.12. The minimum Gasteiger partial charge on any atom is -0.316 e. The summed E-state index contributed by atoms with van der Waals surface area (Å²) in [6.07, 6.45) is 4.17. The van der Waals surface area contributed by atoms with Gasteiger partial charge in [-0.1, -0.05) is 20.8 Å². The number of fused-ring (bicyclic) bond motifs is 3. The molecule has 0 aromatic carbocycles. The molecule has 1 aliphatic heterocycles. The summed E-state index contributed by atoms with van der Waals surface area (Å²) in [6.45, 7) is 8.87. The van der Waals surface area contributed by atoms with Gasteiger partial charge in [0, 0.05) is 10.8 Å². The van der Waals surface area contributed by atoms with Crippen molar-refractivity contribution in [2.75, 3.05) is 13.1 Å². The van der Waals surface area contributed by atoms with Crippen LogP contribution in [0.4, 0.5) is 0 Å². The fraction of sp³-hybridized carbons (Fsp3) is 0.571. The maximum atomic E-state index is 4.89. The zero-order valence-electron chi connectivity index (χ0n) is 11.2. The van der Waals surface area contributed by atoms with Gasteiger partial charge in [0.2, 0.25) is 0 Å². The molecule has 0 atom stereocenters. The molecule has 0 radical (unpaired) electrons. The zero-order chi connectivity index (χ0) is 12.8. The Morgan fingerprint density at radius 3 is 2.61 bits per heavy atom. The van der Waals surface area contributed by atoms with E-state index < -0.39 is 0 Å². The first kappa shape index (κ1) is 12.1. The first-order valence-electron chi connectivity index (χ1n) is 6.54. The van der Waals surface area contributed by atoms with Crippen molar-refractivity contribution in [2.45, 2.75) is 39.0 Å². The lowest BCUT2D eigenvalue weighted by atomic mass is 9.85. The van der Waals surface area contributed by atoms with Crippen LogP contribution in [0.5, 0.6) is 0 Å². The fourth-order valence-electron chi connectivity index (χ4n) is 2.72. The molecule has 0 saturated carbocycles. The first-order chi connectivity index (χ1) is 8.57. The van der Waals surface area contributed by atoms with Gasteiger partial charge in [-0.3, -0.25) is 0 Å². The van der Waals surface area contributed by atoms with Crippen molar-refractivity contribution in [1.29, 1.82) is 0 Å². The molecule has 3 nitrogen and oxygen atoms in total. The number of nitrogens with zero attached hydrogens (tertiary/aromatic N) is 2. The normalized spacial score (nSPS) is 16.6. The maximum absolute atomic E-state index is 4.89. The van der Waals surface area contributed by atoms with Crippen LogP contribution in [0.25, 0.3) is 10.2 Å². The second kappa shape index (κ2) is 4.28. The molecule has 3 heterocycles. The highest BCUT2D eigenvalue weighted by atomic mass is 32.1. The predicted octanol–water partition coefficient (Wildman–Crippen LogP) is 2.68. The Morgan fingerprint density at radius 2 is 1.89 bits per heavy atom. The lowest BCUT2D eigenvalue weighted by Gasteiger charge is -2.23. The van der Waals surface area contributed by atoms with E-state index in [4.69, 9.17) is 4.98 Å². The molecule has 1 N–H and O–H groups in total. The van der Waals surface area contributed by atoms with E-state index in [0.717, 1.165) is 30.8 Å². The molecule has 0 fully saturated rings. The van der Waals surface area contributed by atoms with Crippen LogP contribution in [0.15, 0.2) is 6.20 Å². The van der Waals surface area contributed by atoms with Crippen LogP contribution in [-0.4, -0.2) is 22.4 Å². The van der Waals surface area contributed by atoms with Crippen LogP contribution < -0.4 is 5.32 Å². The molecule has 2 aromatic rings. The Bertz CT molecular complexity index is 580. The molecule has 0 unspecified atom stereocenters. The highest BCUT2D eigenvalue weighted by Crippen LogP contribution is 2.33. The maximum Gasteiger partial charge on any atom is 0.143 e. The molecule has 18 heavy (non-hydrogen) atoms. The SMILES string of the molecule is CC(C)(C)c1nc2sncc2c2c1CCNCC2. The molecule has 0 saturated heterocycles. The van der Waals surface area contributed by atoms with E-state index in [2.05, 4.69) is 30.5 Å². The third-order valence-electron chi connectivity index (χ3n) is 3.55. The van der Waals surface area contributed by atoms with E-state index in [1.54, 1.807) is 0 Å². The monoisotopic (exact) mass is 261 g/mol. The van der Waals surface area contributed by atoms with Gasteiger partial charge in [-0.05, 0) is 48.6 Å². The van der Waals surface area contributed by atoms with Gasteiger partial charge in [0.25, 0.3) is 0 Å². The standard InChI is InChI=1S/C14H19N3S/c1-14(2,3)12-10-5-7-15-6-4-9(10)11-8-16-18-13(11)17-12/h8,15H,4-7H2,1-3H3. The van der Waals surface area contributed by atoms with Gasteiger partial charge in [0.05, 0.1) is 11.9 Å². The van der Waals surface area contributed by atoms with E-state index >= 15 is 0 Å². The Kier molecular flexibility index (Phi) is 2.87. The molecule has 2 aromatic heterocycles. The summed E-state index contributed by atoms with van der Waals surface area (Å²) >= 11 is 1.52. The highest BCUT2D eigenvalue weighted by Gasteiger charge is 2.25. The Hall–Kier alpha value is -1.00. The van der Waals surface area contributed by atoms with Crippen LogP contribution >= 0.6 is 11.5 Å². The smallest absolute Gasteiger partial charge is 0.143 e. The quantitative estimate of drug-likeness (QED) is 0.792. The Morgan fingerprint density at radius 1 is 1.17 bits per heavy atom. The minimum absolute atomic E-state index is 0.104. The van der Waals surface area contributed by atoms with E-state index in [0.29, 0.717) is 0 Å². The van der Waals surface area contributed by atoms with Gasteiger partial charge in [0.1, 0.15) is 4.83 Å². The van der Waals surface area contributed by atoms with E-state index in [1.807, 2.05) is 6.20 Å². The third kappa shape index (κ3) is 1.93. The summed E-state index contributed by atoms with van der Waals surface area (Å²) in [4.78, 5) is 5.99. The number of aromatic nitrogens is 2.